The molecule has 1 unspecified atom stereocenters. The van der Waals surface area contributed by atoms with Crippen molar-refractivity contribution in [2.24, 2.45) is 10.9 Å². The van der Waals surface area contributed by atoms with Gasteiger partial charge in [-0.05, 0) is 40.0 Å². The van der Waals surface area contributed by atoms with Gasteiger partial charge in [-0.3, -0.25) is 4.99 Å². The summed E-state index contributed by atoms with van der Waals surface area (Å²) in [6, 6.07) is 0. The second-order valence-electron chi connectivity index (χ2n) is 7.87. The molecule has 1 aromatic rings. The Labute approximate surface area is 179 Å². The summed E-state index contributed by atoms with van der Waals surface area (Å²) in [6.45, 7) is 11.0. The molecule has 1 N–H and O–H groups in total. The van der Waals surface area contributed by atoms with Crippen molar-refractivity contribution in [2.75, 3.05) is 31.9 Å². The van der Waals surface area contributed by atoms with Crippen molar-refractivity contribution in [2.45, 2.75) is 51.8 Å². The van der Waals surface area contributed by atoms with Crippen molar-refractivity contribution in [3.63, 3.8) is 0 Å². The summed E-state index contributed by atoms with van der Waals surface area (Å²) < 4.78 is 26.0. The van der Waals surface area contributed by atoms with Gasteiger partial charge in [0.15, 0.2) is 15.8 Å². The number of sulfone groups is 1. The van der Waals surface area contributed by atoms with Crippen LogP contribution in [0.5, 0.6) is 0 Å². The van der Waals surface area contributed by atoms with Crippen LogP contribution in [0.15, 0.2) is 4.99 Å². The first-order valence-corrected chi connectivity index (χ1v) is 11.0. The highest BCUT2D eigenvalue weighted by atomic mass is 127. The van der Waals surface area contributed by atoms with Crippen LogP contribution in [0.25, 0.3) is 0 Å². The molecule has 1 atom stereocenters. The first-order chi connectivity index (χ1) is 12.2. The molecular formula is C17H31IN6O2S. The Balaban J connectivity index is 0.00000261. The van der Waals surface area contributed by atoms with Crippen LogP contribution in [0.2, 0.25) is 0 Å². The second-order valence-corrected chi connectivity index (χ2v) is 10.6. The number of hydrogen-bond acceptors (Lipinski definition) is 5. The maximum absolute atomic E-state index is 12.3. The molecule has 1 saturated heterocycles. The Hall–Kier alpha value is -0.910. The van der Waals surface area contributed by atoms with Gasteiger partial charge < -0.3 is 14.8 Å². The van der Waals surface area contributed by atoms with Gasteiger partial charge in [-0.15, -0.1) is 34.2 Å². The molecule has 8 nitrogen and oxygen atoms in total. The SMILES string of the molecule is CCNC(=NCC1CCc2nnc(C)n2C1)N1CCS(=O)(=O)C(C)(C)C1.I. The molecule has 3 rings (SSSR count). The highest BCUT2D eigenvalue weighted by Gasteiger charge is 2.41. The standard InChI is InChI=1S/C17H30N6O2S.HI/c1-5-18-16(22-8-9-26(24,25)17(3,4)12-22)19-10-14-6-7-15-21-20-13(2)23(15)11-14;/h14H,5-12H2,1-4H3,(H,18,19);1H. The van der Waals surface area contributed by atoms with E-state index in [1.807, 2.05) is 13.8 Å². The minimum absolute atomic E-state index is 0. The van der Waals surface area contributed by atoms with E-state index in [1.165, 1.54) is 0 Å². The Bertz CT molecular complexity index is 789. The zero-order valence-electron chi connectivity index (χ0n) is 16.6. The van der Waals surface area contributed by atoms with Crippen LogP contribution in [-0.2, 0) is 22.8 Å². The number of rotatable bonds is 3. The molecule has 0 aromatic carbocycles. The normalized spacial score (nSPS) is 24.1. The molecule has 0 saturated carbocycles. The monoisotopic (exact) mass is 510 g/mol. The minimum atomic E-state index is -3.05. The van der Waals surface area contributed by atoms with Crippen LogP contribution in [-0.4, -0.2) is 70.7 Å². The third kappa shape index (κ3) is 4.75. The van der Waals surface area contributed by atoms with Gasteiger partial charge in [0.2, 0.25) is 0 Å². The number of nitrogens with zero attached hydrogens (tertiary/aromatic N) is 5. The lowest BCUT2D eigenvalue weighted by molar-refractivity contribution is 0.344. The van der Waals surface area contributed by atoms with Crippen LogP contribution >= 0.6 is 24.0 Å². The van der Waals surface area contributed by atoms with Crippen molar-refractivity contribution in [1.82, 2.24) is 25.0 Å². The van der Waals surface area contributed by atoms with Crippen LogP contribution < -0.4 is 5.32 Å². The zero-order valence-corrected chi connectivity index (χ0v) is 19.8. The molecule has 2 aliphatic rings. The fraction of sp³-hybridized carbons (Fsp3) is 0.824. The van der Waals surface area contributed by atoms with E-state index in [-0.39, 0.29) is 29.7 Å². The van der Waals surface area contributed by atoms with Crippen molar-refractivity contribution in [1.29, 1.82) is 0 Å². The number of fused-ring (bicyclic) bond motifs is 1. The van der Waals surface area contributed by atoms with E-state index in [9.17, 15) is 8.42 Å². The van der Waals surface area contributed by atoms with E-state index in [2.05, 4.69) is 25.0 Å². The number of aromatic nitrogens is 3. The molecule has 1 fully saturated rings. The zero-order chi connectivity index (χ0) is 18.9. The van der Waals surface area contributed by atoms with Gasteiger partial charge in [-0.1, -0.05) is 0 Å². The molecule has 0 aliphatic carbocycles. The van der Waals surface area contributed by atoms with Crippen LogP contribution in [0.4, 0.5) is 0 Å². The summed E-state index contributed by atoms with van der Waals surface area (Å²) in [6.07, 6.45) is 1.99. The summed E-state index contributed by atoms with van der Waals surface area (Å²) >= 11 is 0. The van der Waals surface area contributed by atoms with Crippen LogP contribution in [0.1, 0.15) is 38.8 Å². The van der Waals surface area contributed by atoms with Gasteiger partial charge in [0.05, 0.1) is 10.5 Å². The molecule has 10 heteroatoms. The number of halogens is 1. The first kappa shape index (κ1) is 22.4. The van der Waals surface area contributed by atoms with E-state index in [1.54, 1.807) is 13.8 Å². The van der Waals surface area contributed by atoms with Gasteiger partial charge in [-0.25, -0.2) is 8.42 Å². The predicted octanol–water partition coefficient (Wildman–Crippen LogP) is 1.24. The lowest BCUT2D eigenvalue weighted by Crippen LogP contribution is -2.57. The van der Waals surface area contributed by atoms with Crippen LogP contribution in [0, 0.1) is 12.8 Å². The molecule has 2 aliphatic heterocycles. The number of hydrogen-bond donors (Lipinski definition) is 1. The van der Waals surface area contributed by atoms with Crippen molar-refractivity contribution < 1.29 is 8.42 Å². The van der Waals surface area contributed by atoms with E-state index < -0.39 is 14.6 Å². The summed E-state index contributed by atoms with van der Waals surface area (Å²) in [5.74, 6) is 3.48. The number of aryl methyl sites for hydroxylation is 2. The summed E-state index contributed by atoms with van der Waals surface area (Å²) in [5.41, 5.74) is 0. The van der Waals surface area contributed by atoms with Gasteiger partial charge in [-0.2, -0.15) is 0 Å². The highest BCUT2D eigenvalue weighted by Crippen LogP contribution is 2.24. The highest BCUT2D eigenvalue weighted by molar-refractivity contribution is 14.0. The minimum Gasteiger partial charge on any atom is -0.357 e. The van der Waals surface area contributed by atoms with Gasteiger partial charge in [0.1, 0.15) is 11.6 Å². The topological polar surface area (TPSA) is 92.5 Å². The van der Waals surface area contributed by atoms with Gasteiger partial charge in [0, 0.05) is 39.1 Å². The molecule has 0 bridgehead atoms. The molecule has 3 heterocycles. The predicted molar refractivity (Wildman–Crippen MR) is 117 cm³/mol. The Morgan fingerprint density at radius 2 is 2.11 bits per heavy atom. The maximum atomic E-state index is 12.3. The second kappa shape index (κ2) is 8.62. The lowest BCUT2D eigenvalue weighted by atomic mass is 9.99. The van der Waals surface area contributed by atoms with Gasteiger partial charge in [0.25, 0.3) is 0 Å². The largest absolute Gasteiger partial charge is 0.357 e. The van der Waals surface area contributed by atoms with Crippen molar-refractivity contribution in [3.8, 4) is 0 Å². The third-order valence-corrected chi connectivity index (χ3v) is 7.94. The Morgan fingerprint density at radius 1 is 1.37 bits per heavy atom. The number of nitrogens with one attached hydrogen (secondary N) is 1. The fourth-order valence-electron chi connectivity index (χ4n) is 3.64. The molecule has 1 aromatic heterocycles. The quantitative estimate of drug-likeness (QED) is 0.374. The number of guanidine groups is 1. The summed E-state index contributed by atoms with van der Waals surface area (Å²) in [4.78, 5) is 6.93. The van der Waals surface area contributed by atoms with E-state index in [0.29, 0.717) is 19.0 Å². The van der Waals surface area contributed by atoms with Crippen LogP contribution in [0.3, 0.4) is 0 Å². The maximum Gasteiger partial charge on any atom is 0.194 e. The number of aliphatic imine (C=N–C) groups is 1. The molecule has 154 valence electrons. The van der Waals surface area contributed by atoms with E-state index in [4.69, 9.17) is 4.99 Å². The molecule has 27 heavy (non-hydrogen) atoms. The van der Waals surface area contributed by atoms with Crippen molar-refractivity contribution >= 4 is 39.8 Å². The van der Waals surface area contributed by atoms with Crippen molar-refractivity contribution in [3.05, 3.63) is 11.6 Å². The molecule has 0 spiro atoms. The molecule has 0 radical (unpaired) electrons. The molecule has 0 amide bonds. The lowest BCUT2D eigenvalue weighted by Gasteiger charge is -2.39. The smallest absolute Gasteiger partial charge is 0.194 e. The Kier molecular flexibility index (Phi) is 7.15. The van der Waals surface area contributed by atoms with E-state index >= 15 is 0 Å². The first-order valence-electron chi connectivity index (χ1n) is 9.38. The summed E-state index contributed by atoms with van der Waals surface area (Å²) in [7, 11) is -3.05. The Morgan fingerprint density at radius 3 is 2.78 bits per heavy atom. The molecular weight excluding hydrogens is 479 g/mol. The van der Waals surface area contributed by atoms with Gasteiger partial charge >= 0.3 is 0 Å². The average molecular weight is 510 g/mol. The fourth-order valence-corrected chi connectivity index (χ4v) is 5.01. The average Bonchev–Trinajstić information content (AvgIpc) is 2.95. The van der Waals surface area contributed by atoms with E-state index in [0.717, 1.165) is 50.1 Å². The third-order valence-electron chi connectivity index (χ3n) is 5.41. The summed E-state index contributed by atoms with van der Waals surface area (Å²) in [5, 5.41) is 11.7.